The van der Waals surface area contributed by atoms with E-state index in [-0.39, 0.29) is 0 Å². The first kappa shape index (κ1) is 17.8. The van der Waals surface area contributed by atoms with Crippen LogP contribution in [0.2, 0.25) is 0 Å². The van der Waals surface area contributed by atoms with Crippen LogP contribution >= 0.6 is 0 Å². The van der Waals surface area contributed by atoms with Crippen LogP contribution in [-0.2, 0) is 13.1 Å². The standard InChI is InChI=1S/C17H26N6O/c1-4-18-17(19-13-16-21-20-14-23(16)5-2)22(3)11-12-24-15-9-7-6-8-10-15/h6-10,14H,4-5,11-13H2,1-3H3,(H,18,19). The normalized spacial score (nSPS) is 11.4. The second kappa shape index (κ2) is 9.54. The molecule has 2 rings (SSSR count). The molecule has 0 bridgehead atoms. The summed E-state index contributed by atoms with van der Waals surface area (Å²) in [6, 6.07) is 9.82. The zero-order valence-corrected chi connectivity index (χ0v) is 14.6. The molecule has 0 aliphatic rings. The summed E-state index contributed by atoms with van der Waals surface area (Å²) in [5, 5.41) is 11.3. The van der Waals surface area contributed by atoms with Gasteiger partial charge in [-0.05, 0) is 26.0 Å². The number of aryl methyl sites for hydroxylation is 1. The van der Waals surface area contributed by atoms with Crippen LogP contribution in [-0.4, -0.2) is 52.4 Å². The second-order valence-electron chi connectivity index (χ2n) is 5.29. The molecule has 2 aromatic rings. The first-order valence-electron chi connectivity index (χ1n) is 8.28. The highest BCUT2D eigenvalue weighted by atomic mass is 16.5. The number of rotatable bonds is 8. The molecule has 1 N–H and O–H groups in total. The molecule has 7 nitrogen and oxygen atoms in total. The average Bonchev–Trinajstić information content (AvgIpc) is 3.07. The molecule has 0 amide bonds. The van der Waals surface area contributed by atoms with Crippen LogP contribution in [0.3, 0.4) is 0 Å². The average molecular weight is 330 g/mol. The zero-order chi connectivity index (χ0) is 17.2. The van der Waals surface area contributed by atoms with Gasteiger partial charge in [0.1, 0.15) is 25.2 Å². The number of hydrogen-bond donors (Lipinski definition) is 1. The predicted octanol–water partition coefficient (Wildman–Crippen LogP) is 1.77. The summed E-state index contributed by atoms with van der Waals surface area (Å²) in [6.45, 7) is 7.60. The van der Waals surface area contributed by atoms with Crippen LogP contribution in [0.25, 0.3) is 0 Å². The highest BCUT2D eigenvalue weighted by molar-refractivity contribution is 5.79. The van der Waals surface area contributed by atoms with Crippen molar-refractivity contribution in [2.45, 2.75) is 26.9 Å². The molecule has 7 heteroatoms. The second-order valence-corrected chi connectivity index (χ2v) is 5.29. The minimum absolute atomic E-state index is 0.500. The molecule has 0 atom stereocenters. The van der Waals surface area contributed by atoms with Gasteiger partial charge in [-0.25, -0.2) is 4.99 Å². The van der Waals surface area contributed by atoms with E-state index >= 15 is 0 Å². The Bertz CT molecular complexity index is 625. The Labute approximate surface area is 143 Å². The number of nitrogens with zero attached hydrogens (tertiary/aromatic N) is 5. The summed E-state index contributed by atoms with van der Waals surface area (Å²) in [4.78, 5) is 6.70. The molecule has 1 aromatic heterocycles. The van der Waals surface area contributed by atoms with Crippen LogP contribution in [0.15, 0.2) is 41.7 Å². The van der Waals surface area contributed by atoms with Crippen LogP contribution in [0.5, 0.6) is 5.75 Å². The van der Waals surface area contributed by atoms with E-state index in [0.29, 0.717) is 13.2 Å². The Balaban J connectivity index is 1.89. The van der Waals surface area contributed by atoms with Crippen LogP contribution in [0.1, 0.15) is 19.7 Å². The summed E-state index contributed by atoms with van der Waals surface area (Å²) in [5.74, 6) is 2.57. The smallest absolute Gasteiger partial charge is 0.194 e. The quantitative estimate of drug-likeness (QED) is 0.590. The van der Waals surface area contributed by atoms with Gasteiger partial charge in [0.15, 0.2) is 11.8 Å². The number of para-hydroxylation sites is 1. The number of guanidine groups is 1. The number of aliphatic imine (C=N–C) groups is 1. The molecule has 1 aromatic carbocycles. The van der Waals surface area contributed by atoms with Gasteiger partial charge in [0.2, 0.25) is 0 Å². The Morgan fingerprint density at radius 3 is 2.79 bits per heavy atom. The fourth-order valence-electron chi connectivity index (χ4n) is 2.20. The van der Waals surface area contributed by atoms with Crippen molar-refractivity contribution in [1.29, 1.82) is 0 Å². The maximum Gasteiger partial charge on any atom is 0.194 e. The third-order valence-corrected chi connectivity index (χ3v) is 3.54. The van der Waals surface area contributed by atoms with Gasteiger partial charge in [0.05, 0.1) is 6.54 Å². The minimum Gasteiger partial charge on any atom is -0.492 e. The molecular formula is C17H26N6O. The Morgan fingerprint density at radius 1 is 1.29 bits per heavy atom. The Morgan fingerprint density at radius 2 is 2.08 bits per heavy atom. The fraction of sp³-hybridized carbons (Fsp3) is 0.471. The van der Waals surface area contributed by atoms with Gasteiger partial charge in [0.25, 0.3) is 0 Å². The van der Waals surface area contributed by atoms with E-state index in [1.807, 2.05) is 41.9 Å². The minimum atomic E-state index is 0.500. The predicted molar refractivity (Wildman–Crippen MR) is 95.1 cm³/mol. The summed E-state index contributed by atoms with van der Waals surface area (Å²) >= 11 is 0. The van der Waals surface area contributed by atoms with Crippen LogP contribution in [0.4, 0.5) is 0 Å². The largest absolute Gasteiger partial charge is 0.492 e. The lowest BCUT2D eigenvalue weighted by molar-refractivity contribution is 0.281. The molecule has 0 spiro atoms. The molecule has 0 saturated heterocycles. The Hall–Kier alpha value is -2.57. The van der Waals surface area contributed by atoms with E-state index in [2.05, 4.69) is 39.3 Å². The highest BCUT2D eigenvalue weighted by Crippen LogP contribution is 2.07. The highest BCUT2D eigenvalue weighted by Gasteiger charge is 2.07. The molecule has 0 fully saturated rings. The number of benzene rings is 1. The third-order valence-electron chi connectivity index (χ3n) is 3.54. The van der Waals surface area contributed by atoms with Crippen molar-refractivity contribution in [3.8, 4) is 5.75 Å². The van der Waals surface area contributed by atoms with Crippen molar-refractivity contribution in [2.75, 3.05) is 26.7 Å². The summed E-state index contributed by atoms with van der Waals surface area (Å²) in [6.07, 6.45) is 1.73. The summed E-state index contributed by atoms with van der Waals surface area (Å²) in [5.41, 5.74) is 0. The number of likely N-dealkylation sites (N-methyl/N-ethyl adjacent to an activating group) is 1. The monoisotopic (exact) mass is 330 g/mol. The van der Waals surface area contributed by atoms with Gasteiger partial charge >= 0.3 is 0 Å². The van der Waals surface area contributed by atoms with Gasteiger partial charge in [0, 0.05) is 20.1 Å². The van der Waals surface area contributed by atoms with Crippen molar-refractivity contribution >= 4 is 5.96 Å². The lowest BCUT2D eigenvalue weighted by Crippen LogP contribution is -2.40. The van der Waals surface area contributed by atoms with Gasteiger partial charge in [-0.1, -0.05) is 18.2 Å². The molecule has 0 radical (unpaired) electrons. The number of aromatic nitrogens is 3. The van der Waals surface area contributed by atoms with Crippen molar-refractivity contribution < 1.29 is 4.74 Å². The van der Waals surface area contributed by atoms with Crippen molar-refractivity contribution in [1.82, 2.24) is 25.0 Å². The van der Waals surface area contributed by atoms with E-state index in [0.717, 1.165) is 37.2 Å². The SMILES string of the molecule is CCNC(=NCc1nncn1CC)N(C)CCOc1ccccc1. The molecule has 0 aliphatic carbocycles. The van der Waals surface area contributed by atoms with E-state index in [9.17, 15) is 0 Å². The lowest BCUT2D eigenvalue weighted by Gasteiger charge is -2.22. The molecular weight excluding hydrogens is 304 g/mol. The molecule has 0 aliphatic heterocycles. The molecule has 130 valence electrons. The number of ether oxygens (including phenoxy) is 1. The molecule has 0 unspecified atom stereocenters. The van der Waals surface area contributed by atoms with Crippen LogP contribution in [0, 0.1) is 0 Å². The van der Waals surface area contributed by atoms with Gasteiger partial charge in [-0.3, -0.25) is 0 Å². The van der Waals surface area contributed by atoms with Crippen molar-refractivity contribution in [2.24, 2.45) is 4.99 Å². The van der Waals surface area contributed by atoms with Crippen molar-refractivity contribution in [3.05, 3.63) is 42.5 Å². The number of nitrogens with one attached hydrogen (secondary N) is 1. The molecule has 24 heavy (non-hydrogen) atoms. The molecule has 0 saturated carbocycles. The fourth-order valence-corrected chi connectivity index (χ4v) is 2.20. The van der Waals surface area contributed by atoms with E-state index in [4.69, 9.17) is 4.74 Å². The maximum atomic E-state index is 5.74. The van der Waals surface area contributed by atoms with Gasteiger partial charge < -0.3 is 19.5 Å². The van der Waals surface area contributed by atoms with Gasteiger partial charge in [-0.2, -0.15) is 0 Å². The topological polar surface area (TPSA) is 67.6 Å². The van der Waals surface area contributed by atoms with E-state index in [1.165, 1.54) is 0 Å². The third kappa shape index (κ3) is 5.26. The van der Waals surface area contributed by atoms with E-state index in [1.54, 1.807) is 6.33 Å². The summed E-state index contributed by atoms with van der Waals surface area (Å²) in [7, 11) is 2.00. The first-order valence-corrected chi connectivity index (χ1v) is 8.28. The van der Waals surface area contributed by atoms with Gasteiger partial charge in [-0.15, -0.1) is 10.2 Å². The lowest BCUT2D eigenvalue weighted by atomic mass is 10.3. The number of hydrogen-bond acceptors (Lipinski definition) is 4. The van der Waals surface area contributed by atoms with E-state index < -0.39 is 0 Å². The van der Waals surface area contributed by atoms with Crippen molar-refractivity contribution in [3.63, 3.8) is 0 Å². The van der Waals surface area contributed by atoms with Crippen LogP contribution < -0.4 is 10.1 Å². The summed E-state index contributed by atoms with van der Waals surface area (Å²) < 4.78 is 7.73. The maximum absolute atomic E-state index is 5.74. The zero-order valence-electron chi connectivity index (χ0n) is 14.6. The first-order chi connectivity index (χ1) is 11.7. The molecule has 1 heterocycles. The Kier molecular flexibility index (Phi) is 7.07.